The Bertz CT molecular complexity index is 3390. The van der Waals surface area contributed by atoms with E-state index < -0.39 is 0 Å². The summed E-state index contributed by atoms with van der Waals surface area (Å²) in [5.41, 5.74) is 21.0. The summed E-state index contributed by atoms with van der Waals surface area (Å²) in [6.07, 6.45) is 16.2. The number of aromatic amines is 2. The number of unbranched alkanes of at least 4 members (excludes halogenated alkanes) is 3. The van der Waals surface area contributed by atoms with E-state index in [0.29, 0.717) is 6.61 Å². The minimum absolute atomic E-state index is 0.103. The number of hydrogen-bond acceptors (Lipinski definition) is 4. The van der Waals surface area contributed by atoms with Gasteiger partial charge in [-0.25, -0.2) is 14.8 Å². The van der Waals surface area contributed by atoms with Crippen LogP contribution in [0.3, 0.4) is 0 Å². The second-order valence-electron chi connectivity index (χ2n) is 28.0. The summed E-state index contributed by atoms with van der Waals surface area (Å²) < 4.78 is 5.74. The summed E-state index contributed by atoms with van der Waals surface area (Å²) in [7, 11) is 0. The molecule has 0 atom stereocenters. The number of benzene rings is 3. The van der Waals surface area contributed by atoms with Crippen LogP contribution in [0.25, 0.3) is 85.8 Å². The summed E-state index contributed by atoms with van der Waals surface area (Å²) in [5.74, 6) is -0.355. The maximum Gasteiger partial charge on any atom is 0.330 e. The predicted molar refractivity (Wildman–Crippen MR) is 332 cm³/mol. The third kappa shape index (κ3) is 12.9. The van der Waals surface area contributed by atoms with E-state index in [4.69, 9.17) is 14.7 Å². The minimum Gasteiger partial charge on any atom is -0.463 e. The molecule has 0 amide bonds. The van der Waals surface area contributed by atoms with E-state index in [1.54, 1.807) is 6.08 Å². The number of H-pyrrole nitrogens is 2. The first kappa shape index (κ1) is 56.7. The molecular formula is C71H88N4O2. The SMILES string of the molecule is CCCCCCOC(=O)/C=C/c1cc2[nH]c1cc1nc(c(-c3cc(C(C)(C)C)cc(C(C)(C)C)c3)c3ccc([nH]3)c(-c3cc(C(C)(C)C)cc(C(C)(C)C)c3)c3nc(c2-c2cc(C(C)(C)C)cc(C(C)(C)C)c2)C=C3)C=C1. The fourth-order valence-electron chi connectivity index (χ4n) is 10.1. The number of rotatable bonds is 10. The third-order valence-electron chi connectivity index (χ3n) is 15.2. The molecule has 8 rings (SSSR count). The Morgan fingerprint density at radius 3 is 1.22 bits per heavy atom. The molecule has 6 heteroatoms. The second kappa shape index (κ2) is 21.0. The molecule has 2 aliphatic heterocycles. The first-order chi connectivity index (χ1) is 35.8. The molecule has 6 nitrogen and oxygen atoms in total. The monoisotopic (exact) mass is 1030 g/mol. The number of aromatic nitrogens is 4. The molecule has 5 heterocycles. The number of hydrogen-bond donors (Lipinski definition) is 2. The van der Waals surface area contributed by atoms with Crippen LogP contribution in [-0.2, 0) is 42.0 Å². The van der Waals surface area contributed by atoms with Gasteiger partial charge in [0.15, 0.2) is 0 Å². The number of carbonyl (C=O) groups excluding carboxylic acids is 1. The fourth-order valence-corrected chi connectivity index (χ4v) is 10.1. The Kier molecular flexibility index (Phi) is 15.5. The van der Waals surface area contributed by atoms with Gasteiger partial charge in [-0.2, -0.15) is 0 Å². The molecule has 3 aromatic carbocycles. The zero-order valence-corrected chi connectivity index (χ0v) is 50.2. The molecule has 2 N–H and O–H groups in total. The zero-order valence-electron chi connectivity index (χ0n) is 50.2. The molecule has 6 aromatic rings. The molecule has 0 fully saturated rings. The lowest BCUT2D eigenvalue weighted by Crippen LogP contribution is -2.16. The highest BCUT2D eigenvalue weighted by Gasteiger charge is 2.27. The van der Waals surface area contributed by atoms with Gasteiger partial charge in [0.05, 0.1) is 29.4 Å². The van der Waals surface area contributed by atoms with Crippen LogP contribution in [0.4, 0.5) is 0 Å². The Morgan fingerprint density at radius 2 is 0.818 bits per heavy atom. The molecule has 2 aliphatic rings. The lowest BCUT2D eigenvalue weighted by atomic mass is 9.78. The third-order valence-corrected chi connectivity index (χ3v) is 15.2. The van der Waals surface area contributed by atoms with Gasteiger partial charge >= 0.3 is 5.97 Å². The summed E-state index contributed by atoms with van der Waals surface area (Å²) in [6.45, 7) is 43.9. The fraction of sp³-hybridized carbons (Fsp3) is 0.423. The summed E-state index contributed by atoms with van der Waals surface area (Å²) >= 11 is 0. The summed E-state index contributed by atoms with van der Waals surface area (Å²) in [4.78, 5) is 32.6. The van der Waals surface area contributed by atoms with Gasteiger partial charge in [0.2, 0.25) is 0 Å². The topological polar surface area (TPSA) is 83.7 Å². The molecule has 0 saturated heterocycles. The van der Waals surface area contributed by atoms with Gasteiger partial charge in [-0.15, -0.1) is 0 Å². The molecule has 3 aromatic heterocycles. The van der Waals surface area contributed by atoms with E-state index in [-0.39, 0.29) is 38.5 Å². The maximum absolute atomic E-state index is 13.4. The second-order valence-corrected chi connectivity index (χ2v) is 28.0. The molecule has 0 saturated carbocycles. The quantitative estimate of drug-likeness (QED) is 0.0812. The highest BCUT2D eigenvalue weighted by atomic mass is 16.5. The van der Waals surface area contributed by atoms with E-state index in [1.807, 2.05) is 6.08 Å². The van der Waals surface area contributed by atoms with Crippen molar-refractivity contribution in [3.8, 4) is 33.4 Å². The summed E-state index contributed by atoms with van der Waals surface area (Å²) in [5, 5.41) is 0. The number of carbonyl (C=O) groups is 1. The van der Waals surface area contributed by atoms with Crippen molar-refractivity contribution in [1.82, 2.24) is 19.9 Å². The molecule has 0 radical (unpaired) electrons. The van der Waals surface area contributed by atoms with Gasteiger partial charge in [-0.3, -0.25) is 0 Å². The van der Waals surface area contributed by atoms with Crippen LogP contribution in [0, 0.1) is 0 Å². The first-order valence-corrected chi connectivity index (χ1v) is 28.3. The smallest absolute Gasteiger partial charge is 0.330 e. The van der Waals surface area contributed by atoms with E-state index in [2.05, 4.69) is 245 Å². The van der Waals surface area contributed by atoms with Crippen molar-refractivity contribution in [3.05, 3.63) is 147 Å². The number of fused-ring (bicyclic) bond motifs is 8. The number of ether oxygens (including phenoxy) is 1. The van der Waals surface area contributed by atoms with Gasteiger partial charge in [-0.05, 0) is 144 Å². The predicted octanol–water partition coefficient (Wildman–Crippen LogP) is 19.6. The van der Waals surface area contributed by atoms with Gasteiger partial charge in [0.1, 0.15) is 0 Å². The van der Waals surface area contributed by atoms with Crippen LogP contribution in [0.1, 0.15) is 219 Å². The van der Waals surface area contributed by atoms with Crippen molar-refractivity contribution in [2.75, 3.05) is 6.61 Å². The molecule has 0 aliphatic carbocycles. The Hall–Kier alpha value is -6.53. The minimum atomic E-state index is -0.355. The van der Waals surface area contributed by atoms with E-state index in [0.717, 1.165) is 109 Å². The highest BCUT2D eigenvalue weighted by Crippen LogP contribution is 2.43. The van der Waals surface area contributed by atoms with Crippen LogP contribution in [0.5, 0.6) is 0 Å². The largest absolute Gasteiger partial charge is 0.463 e. The Morgan fingerprint density at radius 1 is 0.442 bits per heavy atom. The maximum atomic E-state index is 13.4. The van der Waals surface area contributed by atoms with Gasteiger partial charge in [-0.1, -0.05) is 205 Å². The van der Waals surface area contributed by atoms with E-state index in [9.17, 15) is 4.79 Å². The lowest BCUT2D eigenvalue weighted by molar-refractivity contribution is -0.137. The van der Waals surface area contributed by atoms with Crippen LogP contribution < -0.4 is 0 Å². The lowest BCUT2D eigenvalue weighted by Gasteiger charge is -2.26. The van der Waals surface area contributed by atoms with Crippen molar-refractivity contribution in [2.45, 2.75) is 190 Å². The number of esters is 1. The van der Waals surface area contributed by atoms with E-state index in [1.165, 1.54) is 33.4 Å². The van der Waals surface area contributed by atoms with E-state index >= 15 is 0 Å². The Labute approximate surface area is 462 Å². The first-order valence-electron chi connectivity index (χ1n) is 28.3. The molecule has 8 bridgehead atoms. The molecule has 77 heavy (non-hydrogen) atoms. The molecule has 404 valence electrons. The van der Waals surface area contributed by atoms with Crippen molar-refractivity contribution >= 4 is 58.4 Å². The molecule has 0 spiro atoms. The van der Waals surface area contributed by atoms with Crippen molar-refractivity contribution in [1.29, 1.82) is 0 Å². The van der Waals surface area contributed by atoms with Gasteiger partial charge in [0, 0.05) is 50.4 Å². The normalized spacial score (nSPS) is 13.5. The molecule has 0 unspecified atom stereocenters. The van der Waals surface area contributed by atoms with Crippen molar-refractivity contribution in [3.63, 3.8) is 0 Å². The zero-order chi connectivity index (χ0) is 56.2. The standard InChI is InChI=1S/C71H88N4O2/c1-20-21-22-23-32-77-62(76)31-24-44-39-61-65(47-37-52(70(14,15)16)42-53(38-47)71(17,18)19)59-30-29-58(74-59)64(46-35-50(68(8,9)10)41-51(36-46)69(11,12)13)57-28-27-56(73-57)63(55-26-25-54(72-55)43-60(44)75-61)45-33-48(66(2,3)4)40-49(34-45)67(5,6)7/h24-31,33-43,73,75H,20-23,32H2,1-19H3/b31-24+,54-43?,60-43?,63-55?,63-56?,64-57?,64-58?,65-59?,65-61?. The average molecular weight is 1030 g/mol. The van der Waals surface area contributed by atoms with Crippen molar-refractivity contribution in [2.24, 2.45) is 0 Å². The Balaban J connectivity index is 1.57. The average Bonchev–Trinajstić information content (AvgIpc) is 4.20. The van der Waals surface area contributed by atoms with Crippen LogP contribution in [-0.4, -0.2) is 32.5 Å². The van der Waals surface area contributed by atoms with Crippen LogP contribution in [0.15, 0.2) is 84.9 Å². The molecular weight excluding hydrogens is 941 g/mol. The number of nitrogens with one attached hydrogen (secondary N) is 2. The van der Waals surface area contributed by atoms with Crippen LogP contribution in [0.2, 0.25) is 0 Å². The highest BCUT2D eigenvalue weighted by molar-refractivity contribution is 5.99. The number of nitrogens with zero attached hydrogens (tertiary/aromatic N) is 2. The summed E-state index contributed by atoms with van der Waals surface area (Å²) in [6, 6.07) is 30.1. The van der Waals surface area contributed by atoms with Crippen LogP contribution >= 0.6 is 0 Å². The van der Waals surface area contributed by atoms with Gasteiger partial charge in [0.25, 0.3) is 0 Å². The van der Waals surface area contributed by atoms with Crippen molar-refractivity contribution < 1.29 is 9.53 Å². The van der Waals surface area contributed by atoms with Gasteiger partial charge < -0.3 is 14.7 Å².